The van der Waals surface area contributed by atoms with Crippen molar-refractivity contribution in [2.24, 2.45) is 0 Å². The number of aromatic hydroxyl groups is 1. The molecular formula is C9H10BrNO. The van der Waals surface area contributed by atoms with Crippen LogP contribution in [0.4, 0.5) is 5.69 Å². The van der Waals surface area contributed by atoms with Crippen molar-refractivity contribution in [2.75, 3.05) is 18.5 Å². The molecule has 1 heterocycles. The Kier molecular flexibility index (Phi) is 1.76. The third-order valence-electron chi connectivity index (χ3n) is 2.32. The molecule has 12 heavy (non-hydrogen) atoms. The highest BCUT2D eigenvalue weighted by Crippen LogP contribution is 2.38. The molecule has 1 aromatic rings. The molecule has 0 fully saturated rings. The molecular weight excluding hydrogens is 218 g/mol. The Hall–Kier alpha value is -0.700. The molecule has 0 radical (unpaired) electrons. The van der Waals surface area contributed by atoms with Crippen LogP contribution in [-0.2, 0) is 6.42 Å². The van der Waals surface area contributed by atoms with Crippen LogP contribution >= 0.6 is 15.9 Å². The van der Waals surface area contributed by atoms with E-state index in [4.69, 9.17) is 0 Å². The van der Waals surface area contributed by atoms with Gasteiger partial charge in [-0.25, -0.2) is 0 Å². The number of hydrogen-bond donors (Lipinski definition) is 1. The molecule has 64 valence electrons. The molecule has 2 nitrogen and oxygen atoms in total. The van der Waals surface area contributed by atoms with Crippen LogP contribution in [0.3, 0.4) is 0 Å². The molecule has 0 aromatic heterocycles. The molecule has 1 N–H and O–H groups in total. The lowest BCUT2D eigenvalue weighted by atomic mass is 10.1. The number of halogens is 1. The van der Waals surface area contributed by atoms with Gasteiger partial charge in [0.2, 0.25) is 0 Å². The maximum Gasteiger partial charge on any atom is 0.135 e. The van der Waals surface area contributed by atoms with E-state index in [1.165, 1.54) is 0 Å². The van der Waals surface area contributed by atoms with Gasteiger partial charge >= 0.3 is 0 Å². The minimum atomic E-state index is 0.400. The van der Waals surface area contributed by atoms with E-state index in [1.54, 1.807) is 0 Å². The second kappa shape index (κ2) is 2.66. The average Bonchev–Trinajstić information content (AvgIpc) is 2.41. The first kappa shape index (κ1) is 7.92. The van der Waals surface area contributed by atoms with Crippen LogP contribution in [0.2, 0.25) is 0 Å². The zero-order valence-electron chi connectivity index (χ0n) is 6.84. The number of hydrogen-bond acceptors (Lipinski definition) is 2. The highest BCUT2D eigenvalue weighted by molar-refractivity contribution is 9.10. The Morgan fingerprint density at radius 2 is 2.25 bits per heavy atom. The molecule has 0 unspecified atom stereocenters. The summed E-state index contributed by atoms with van der Waals surface area (Å²) in [5.74, 6) is 0.400. The predicted octanol–water partition coefficient (Wildman–Crippen LogP) is 2.15. The van der Waals surface area contributed by atoms with Gasteiger partial charge in [-0.05, 0) is 34.5 Å². The molecule has 0 saturated carbocycles. The number of rotatable bonds is 0. The fourth-order valence-corrected chi connectivity index (χ4v) is 1.97. The molecule has 1 aromatic carbocycles. The van der Waals surface area contributed by atoms with Gasteiger partial charge in [-0.3, -0.25) is 0 Å². The van der Waals surface area contributed by atoms with Crippen molar-refractivity contribution in [3.63, 3.8) is 0 Å². The van der Waals surface area contributed by atoms with Crippen molar-refractivity contribution in [3.05, 3.63) is 22.2 Å². The van der Waals surface area contributed by atoms with Gasteiger partial charge in [-0.1, -0.05) is 0 Å². The first-order valence-electron chi connectivity index (χ1n) is 3.91. The van der Waals surface area contributed by atoms with Crippen LogP contribution in [0.25, 0.3) is 0 Å². The van der Waals surface area contributed by atoms with Crippen LogP contribution in [0.1, 0.15) is 5.56 Å². The standard InChI is InChI=1S/C9H10BrNO/c1-11-5-4-6-8(11)3-2-7(10)9(6)12/h2-3,12H,4-5H2,1H3. The zero-order valence-corrected chi connectivity index (χ0v) is 8.43. The minimum Gasteiger partial charge on any atom is -0.506 e. The number of nitrogens with zero attached hydrogens (tertiary/aromatic N) is 1. The van der Waals surface area contributed by atoms with Gasteiger partial charge < -0.3 is 10.0 Å². The lowest BCUT2D eigenvalue weighted by Crippen LogP contribution is -2.12. The maximum absolute atomic E-state index is 9.66. The highest BCUT2D eigenvalue weighted by atomic mass is 79.9. The van der Waals surface area contributed by atoms with Gasteiger partial charge in [0.25, 0.3) is 0 Å². The van der Waals surface area contributed by atoms with Crippen molar-refractivity contribution < 1.29 is 5.11 Å². The summed E-state index contributed by atoms with van der Waals surface area (Å²) in [6, 6.07) is 3.92. The predicted molar refractivity (Wildman–Crippen MR) is 52.8 cm³/mol. The topological polar surface area (TPSA) is 23.5 Å². The molecule has 1 aliphatic rings. The molecule has 1 aliphatic heterocycles. The molecule has 3 heteroatoms. The number of benzene rings is 1. The smallest absolute Gasteiger partial charge is 0.135 e. The van der Waals surface area contributed by atoms with E-state index in [0.717, 1.165) is 28.7 Å². The third kappa shape index (κ3) is 1.00. The number of phenolic OH excluding ortho intramolecular Hbond substituents is 1. The molecule has 0 spiro atoms. The summed E-state index contributed by atoms with van der Waals surface area (Å²) >= 11 is 3.30. The van der Waals surface area contributed by atoms with E-state index in [0.29, 0.717) is 5.75 Å². The van der Waals surface area contributed by atoms with Crippen molar-refractivity contribution in [1.82, 2.24) is 0 Å². The van der Waals surface area contributed by atoms with Gasteiger partial charge in [0.1, 0.15) is 5.75 Å². The van der Waals surface area contributed by atoms with Gasteiger partial charge in [-0.15, -0.1) is 0 Å². The lowest BCUT2D eigenvalue weighted by Gasteiger charge is -2.11. The number of phenols is 1. The average molecular weight is 228 g/mol. The molecule has 0 saturated heterocycles. The SMILES string of the molecule is CN1CCc2c1ccc(Br)c2O. The number of anilines is 1. The van der Waals surface area contributed by atoms with E-state index in [2.05, 4.69) is 20.8 Å². The van der Waals surface area contributed by atoms with Crippen LogP contribution in [-0.4, -0.2) is 18.7 Å². The normalized spacial score (nSPS) is 15.0. The van der Waals surface area contributed by atoms with Gasteiger partial charge in [0.05, 0.1) is 4.47 Å². The van der Waals surface area contributed by atoms with Crippen LogP contribution in [0.15, 0.2) is 16.6 Å². The van der Waals surface area contributed by atoms with E-state index < -0.39 is 0 Å². The monoisotopic (exact) mass is 227 g/mol. The summed E-state index contributed by atoms with van der Waals surface area (Å²) in [7, 11) is 2.04. The third-order valence-corrected chi connectivity index (χ3v) is 2.96. The second-order valence-corrected chi connectivity index (χ2v) is 3.92. The van der Waals surface area contributed by atoms with Crippen molar-refractivity contribution >= 4 is 21.6 Å². The lowest BCUT2D eigenvalue weighted by molar-refractivity contribution is 0.467. The Balaban J connectivity index is 2.60. The molecule has 0 atom stereocenters. The molecule has 0 amide bonds. The van der Waals surface area contributed by atoms with E-state index in [-0.39, 0.29) is 0 Å². The van der Waals surface area contributed by atoms with Gasteiger partial charge in [0, 0.05) is 24.8 Å². The maximum atomic E-state index is 9.66. The largest absolute Gasteiger partial charge is 0.506 e. The number of likely N-dealkylation sites (N-methyl/N-ethyl adjacent to an activating group) is 1. The van der Waals surface area contributed by atoms with Crippen molar-refractivity contribution in [2.45, 2.75) is 6.42 Å². The summed E-state index contributed by atoms with van der Waals surface area (Å²) in [4.78, 5) is 2.15. The fraction of sp³-hybridized carbons (Fsp3) is 0.333. The summed E-state index contributed by atoms with van der Waals surface area (Å²) in [5, 5.41) is 9.66. The Labute approximate surface area is 79.9 Å². The van der Waals surface area contributed by atoms with Crippen LogP contribution in [0.5, 0.6) is 5.75 Å². The molecule has 0 aliphatic carbocycles. The molecule has 2 rings (SSSR count). The van der Waals surface area contributed by atoms with Crippen molar-refractivity contribution in [3.8, 4) is 5.75 Å². The first-order chi connectivity index (χ1) is 5.70. The first-order valence-corrected chi connectivity index (χ1v) is 4.71. The quantitative estimate of drug-likeness (QED) is 0.735. The summed E-state index contributed by atoms with van der Waals surface area (Å²) in [6.45, 7) is 0.999. The summed E-state index contributed by atoms with van der Waals surface area (Å²) in [5.41, 5.74) is 2.21. The van der Waals surface area contributed by atoms with Gasteiger partial charge in [-0.2, -0.15) is 0 Å². The fourth-order valence-electron chi connectivity index (χ4n) is 1.60. The van der Waals surface area contributed by atoms with E-state index >= 15 is 0 Å². The van der Waals surface area contributed by atoms with Gasteiger partial charge in [0.15, 0.2) is 0 Å². The van der Waals surface area contributed by atoms with Crippen LogP contribution < -0.4 is 4.90 Å². The Morgan fingerprint density at radius 1 is 1.50 bits per heavy atom. The van der Waals surface area contributed by atoms with E-state index in [9.17, 15) is 5.11 Å². The van der Waals surface area contributed by atoms with Crippen molar-refractivity contribution in [1.29, 1.82) is 0 Å². The molecule has 0 bridgehead atoms. The van der Waals surface area contributed by atoms with Crippen LogP contribution in [0, 0.1) is 0 Å². The van der Waals surface area contributed by atoms with E-state index in [1.807, 2.05) is 19.2 Å². The zero-order chi connectivity index (χ0) is 8.72. The summed E-state index contributed by atoms with van der Waals surface area (Å²) < 4.78 is 0.788. The highest BCUT2D eigenvalue weighted by Gasteiger charge is 2.19. The Bertz CT molecular complexity index is 325. The second-order valence-electron chi connectivity index (χ2n) is 3.07. The number of fused-ring (bicyclic) bond motifs is 1. The summed E-state index contributed by atoms with van der Waals surface area (Å²) in [6.07, 6.45) is 0.942. The Morgan fingerprint density at radius 3 is 3.00 bits per heavy atom. The minimum absolute atomic E-state index is 0.400.